The predicted octanol–water partition coefficient (Wildman–Crippen LogP) is 0.466. The molecular formula is C5H9NO. The zero-order valence-corrected chi connectivity index (χ0v) is 4.35. The first-order valence-electron chi connectivity index (χ1n) is 2.37. The fourth-order valence-corrected chi connectivity index (χ4v) is 0.599. The molecule has 0 saturated heterocycles. The van der Waals surface area contributed by atoms with E-state index < -0.39 is 0 Å². The lowest BCUT2D eigenvalue weighted by molar-refractivity contribution is 0.0957. The lowest BCUT2D eigenvalue weighted by atomic mass is 10.4. The van der Waals surface area contributed by atoms with Gasteiger partial charge in [-0.15, -0.1) is 0 Å². The van der Waals surface area contributed by atoms with E-state index in [1.54, 1.807) is 7.11 Å². The summed E-state index contributed by atoms with van der Waals surface area (Å²) in [5.41, 5.74) is 0. The van der Waals surface area contributed by atoms with Gasteiger partial charge < -0.3 is 10.1 Å². The van der Waals surface area contributed by atoms with Crippen molar-refractivity contribution in [2.45, 2.75) is 12.6 Å². The number of hydrogen-bond acceptors (Lipinski definition) is 2. The smallest absolute Gasteiger partial charge is 0.130 e. The molecule has 0 radical (unpaired) electrons. The van der Waals surface area contributed by atoms with Gasteiger partial charge in [-0.3, -0.25) is 0 Å². The Kier molecular flexibility index (Phi) is 1.32. The molecule has 7 heavy (non-hydrogen) atoms. The van der Waals surface area contributed by atoms with E-state index in [4.69, 9.17) is 4.74 Å². The van der Waals surface area contributed by atoms with Crippen molar-refractivity contribution in [1.29, 1.82) is 0 Å². The maximum Gasteiger partial charge on any atom is 0.130 e. The first-order chi connectivity index (χ1) is 3.43. The van der Waals surface area contributed by atoms with Crippen LogP contribution in [-0.2, 0) is 4.74 Å². The van der Waals surface area contributed by atoms with Crippen molar-refractivity contribution in [2.24, 2.45) is 0 Å². The second-order valence-corrected chi connectivity index (χ2v) is 1.53. The van der Waals surface area contributed by atoms with Crippen LogP contribution in [0.15, 0.2) is 12.3 Å². The molecule has 0 fully saturated rings. The van der Waals surface area contributed by atoms with E-state index in [0.717, 1.165) is 6.42 Å². The SMILES string of the molecule is COC1CC=CN1. The van der Waals surface area contributed by atoms with E-state index in [-0.39, 0.29) is 6.23 Å². The van der Waals surface area contributed by atoms with Gasteiger partial charge in [-0.2, -0.15) is 0 Å². The van der Waals surface area contributed by atoms with E-state index >= 15 is 0 Å². The third-order valence-electron chi connectivity index (χ3n) is 1.03. The average Bonchev–Trinajstić information content (AvgIpc) is 2.14. The van der Waals surface area contributed by atoms with Gasteiger partial charge in [0.2, 0.25) is 0 Å². The molecule has 2 nitrogen and oxygen atoms in total. The van der Waals surface area contributed by atoms with Gasteiger partial charge in [-0.05, 0) is 6.20 Å². The Bertz CT molecular complexity index is 72.1. The third kappa shape index (κ3) is 0.933. The van der Waals surface area contributed by atoms with E-state index in [0.29, 0.717) is 0 Å². The normalized spacial score (nSPS) is 27.9. The topological polar surface area (TPSA) is 21.3 Å². The molecule has 0 aromatic heterocycles. The molecule has 40 valence electrons. The molecule has 0 bridgehead atoms. The van der Waals surface area contributed by atoms with Crippen molar-refractivity contribution < 1.29 is 4.74 Å². The van der Waals surface area contributed by atoms with Crippen molar-refractivity contribution in [3.63, 3.8) is 0 Å². The summed E-state index contributed by atoms with van der Waals surface area (Å²) in [6.07, 6.45) is 5.19. The van der Waals surface area contributed by atoms with Crippen LogP contribution in [0.5, 0.6) is 0 Å². The molecule has 1 heterocycles. The van der Waals surface area contributed by atoms with Crippen LogP contribution in [0, 0.1) is 0 Å². The monoisotopic (exact) mass is 99.1 g/mol. The molecule has 1 aliphatic heterocycles. The fourth-order valence-electron chi connectivity index (χ4n) is 0.599. The van der Waals surface area contributed by atoms with Gasteiger partial charge in [0.05, 0.1) is 0 Å². The van der Waals surface area contributed by atoms with Crippen molar-refractivity contribution in [3.8, 4) is 0 Å². The van der Waals surface area contributed by atoms with Crippen LogP contribution in [0.1, 0.15) is 6.42 Å². The summed E-state index contributed by atoms with van der Waals surface area (Å²) in [5, 5.41) is 3.00. The van der Waals surface area contributed by atoms with Gasteiger partial charge in [0.15, 0.2) is 0 Å². The van der Waals surface area contributed by atoms with E-state index in [2.05, 4.69) is 5.32 Å². The second-order valence-electron chi connectivity index (χ2n) is 1.53. The maximum absolute atomic E-state index is 4.94. The van der Waals surface area contributed by atoms with Crippen LogP contribution in [0.4, 0.5) is 0 Å². The standard InChI is InChI=1S/C5H9NO/c1-7-5-3-2-4-6-5/h2,4-6H,3H2,1H3. The number of nitrogens with one attached hydrogen (secondary N) is 1. The lowest BCUT2D eigenvalue weighted by Crippen LogP contribution is -2.20. The molecule has 0 amide bonds. The Hall–Kier alpha value is -0.500. The zero-order chi connectivity index (χ0) is 5.11. The fraction of sp³-hybridized carbons (Fsp3) is 0.600. The molecule has 0 aliphatic carbocycles. The summed E-state index contributed by atoms with van der Waals surface area (Å²) >= 11 is 0. The number of hydrogen-bond donors (Lipinski definition) is 1. The van der Waals surface area contributed by atoms with Crippen LogP contribution in [0.25, 0.3) is 0 Å². The highest BCUT2D eigenvalue weighted by Crippen LogP contribution is 1.99. The highest BCUT2D eigenvalue weighted by Gasteiger charge is 2.04. The molecule has 1 unspecified atom stereocenters. The highest BCUT2D eigenvalue weighted by molar-refractivity contribution is 4.90. The van der Waals surface area contributed by atoms with Gasteiger partial charge in [0.1, 0.15) is 6.23 Å². The van der Waals surface area contributed by atoms with Crippen molar-refractivity contribution in [1.82, 2.24) is 5.32 Å². The predicted molar refractivity (Wildman–Crippen MR) is 27.7 cm³/mol. The van der Waals surface area contributed by atoms with Crippen LogP contribution >= 0.6 is 0 Å². The summed E-state index contributed by atoms with van der Waals surface area (Å²) < 4.78 is 4.94. The minimum Gasteiger partial charge on any atom is -0.366 e. The van der Waals surface area contributed by atoms with E-state index in [1.807, 2.05) is 12.3 Å². The van der Waals surface area contributed by atoms with Crippen LogP contribution in [-0.4, -0.2) is 13.3 Å². The Labute approximate surface area is 43.2 Å². The molecule has 1 atom stereocenters. The number of ether oxygens (including phenoxy) is 1. The molecule has 0 aromatic carbocycles. The average molecular weight is 99.1 g/mol. The Morgan fingerprint density at radius 1 is 1.86 bits per heavy atom. The summed E-state index contributed by atoms with van der Waals surface area (Å²) in [5.74, 6) is 0. The molecule has 1 rings (SSSR count). The van der Waals surface area contributed by atoms with Crippen LogP contribution in [0.3, 0.4) is 0 Å². The van der Waals surface area contributed by atoms with Gasteiger partial charge in [0, 0.05) is 13.5 Å². The summed E-state index contributed by atoms with van der Waals surface area (Å²) in [4.78, 5) is 0. The maximum atomic E-state index is 4.94. The van der Waals surface area contributed by atoms with E-state index in [1.165, 1.54) is 0 Å². The summed E-state index contributed by atoms with van der Waals surface area (Å²) in [6.45, 7) is 0. The minimum absolute atomic E-state index is 0.236. The van der Waals surface area contributed by atoms with Crippen molar-refractivity contribution in [2.75, 3.05) is 7.11 Å². The van der Waals surface area contributed by atoms with E-state index in [9.17, 15) is 0 Å². The largest absolute Gasteiger partial charge is 0.366 e. The Balaban J connectivity index is 2.22. The summed E-state index contributed by atoms with van der Waals surface area (Å²) in [7, 11) is 1.70. The number of methoxy groups -OCH3 is 1. The molecular weight excluding hydrogens is 90.1 g/mol. The Morgan fingerprint density at radius 2 is 2.71 bits per heavy atom. The molecule has 0 saturated carbocycles. The second kappa shape index (κ2) is 1.98. The van der Waals surface area contributed by atoms with Crippen molar-refractivity contribution in [3.05, 3.63) is 12.3 Å². The quantitative estimate of drug-likeness (QED) is 0.516. The first-order valence-corrected chi connectivity index (χ1v) is 2.37. The molecule has 2 heteroatoms. The number of rotatable bonds is 1. The van der Waals surface area contributed by atoms with Gasteiger partial charge in [-0.1, -0.05) is 6.08 Å². The summed E-state index contributed by atoms with van der Waals surface area (Å²) in [6, 6.07) is 0. The van der Waals surface area contributed by atoms with Gasteiger partial charge >= 0.3 is 0 Å². The molecule has 1 N–H and O–H groups in total. The first kappa shape index (κ1) is 4.65. The van der Waals surface area contributed by atoms with Crippen LogP contribution < -0.4 is 5.32 Å². The highest BCUT2D eigenvalue weighted by atomic mass is 16.5. The Morgan fingerprint density at radius 3 is 3.00 bits per heavy atom. The molecule has 0 aromatic rings. The van der Waals surface area contributed by atoms with Gasteiger partial charge in [0.25, 0.3) is 0 Å². The third-order valence-corrected chi connectivity index (χ3v) is 1.03. The zero-order valence-electron chi connectivity index (χ0n) is 4.35. The minimum atomic E-state index is 0.236. The lowest BCUT2D eigenvalue weighted by Gasteiger charge is -2.05. The van der Waals surface area contributed by atoms with Crippen LogP contribution in [0.2, 0.25) is 0 Å². The molecule has 0 spiro atoms. The molecule has 1 aliphatic rings. The van der Waals surface area contributed by atoms with Gasteiger partial charge in [-0.25, -0.2) is 0 Å². The van der Waals surface area contributed by atoms with Crippen molar-refractivity contribution >= 4 is 0 Å².